The third-order valence-electron chi connectivity index (χ3n) is 11.5. The number of benzene rings is 2. The summed E-state index contributed by atoms with van der Waals surface area (Å²) in [6.07, 6.45) is 6.62. The van der Waals surface area contributed by atoms with Crippen LogP contribution < -0.4 is 20.5 Å². The zero-order chi connectivity index (χ0) is 36.9. The molecule has 3 heterocycles. The molecule has 10 nitrogen and oxygen atoms in total. The van der Waals surface area contributed by atoms with E-state index in [1.807, 2.05) is 6.92 Å². The van der Waals surface area contributed by atoms with Crippen molar-refractivity contribution >= 4 is 18.1 Å². The summed E-state index contributed by atoms with van der Waals surface area (Å²) in [5.74, 6) is 0.271. The van der Waals surface area contributed by atoms with E-state index in [-0.39, 0.29) is 29.9 Å². The first kappa shape index (κ1) is 38.1. The topological polar surface area (TPSA) is 124 Å². The van der Waals surface area contributed by atoms with Gasteiger partial charge in [-0.25, -0.2) is 0 Å². The Kier molecular flexibility index (Phi) is 12.3. The monoisotopic (exact) mass is 700 g/mol. The number of nitrogens with one attached hydrogen (secondary N) is 2. The number of piperidine rings is 1. The molecule has 1 spiro atoms. The Labute approximate surface area is 302 Å². The van der Waals surface area contributed by atoms with Gasteiger partial charge in [0.05, 0.1) is 19.2 Å². The number of rotatable bonds is 9. The van der Waals surface area contributed by atoms with Crippen LogP contribution in [0, 0.1) is 13.8 Å². The Morgan fingerprint density at radius 2 is 1.78 bits per heavy atom. The number of fused-ring (bicyclic) bond motifs is 2. The predicted octanol–water partition coefficient (Wildman–Crippen LogP) is 6.38. The number of carboxylic acid groups (broad SMARTS) is 1. The molecule has 2 aromatic carbocycles. The molecule has 2 unspecified atom stereocenters. The van der Waals surface area contributed by atoms with E-state index < -0.39 is 0 Å². The fourth-order valence-electron chi connectivity index (χ4n) is 9.23. The SMILES string of the molecule is CCN(c1cc(-c2ccc3c(c2)C2(CC3)CC(C)N(CC)C(C)C2)cc(C(=O)NCc2c(OC)cc(C)[nH]c2=O)c1C)C1CCOCC1.O=CO. The van der Waals surface area contributed by atoms with Crippen molar-refractivity contribution in [2.45, 2.75) is 110 Å². The van der Waals surface area contributed by atoms with Crippen molar-refractivity contribution in [1.29, 1.82) is 0 Å². The maximum absolute atomic E-state index is 14.1. The number of hydrogen-bond acceptors (Lipinski definition) is 7. The molecule has 0 radical (unpaired) electrons. The van der Waals surface area contributed by atoms with E-state index in [0.29, 0.717) is 40.7 Å². The first-order valence-corrected chi connectivity index (χ1v) is 18.5. The molecular formula is C41H56N4O6. The lowest BCUT2D eigenvalue weighted by atomic mass is 9.69. The second kappa shape index (κ2) is 16.5. The number of hydrogen-bond donors (Lipinski definition) is 3. The summed E-state index contributed by atoms with van der Waals surface area (Å²) in [4.78, 5) is 43.2. The highest BCUT2D eigenvalue weighted by Gasteiger charge is 2.46. The molecule has 1 aromatic heterocycles. The van der Waals surface area contributed by atoms with E-state index in [0.717, 1.165) is 67.9 Å². The zero-order valence-corrected chi connectivity index (χ0v) is 31.4. The Balaban J connectivity index is 0.00000162. The highest BCUT2D eigenvalue weighted by molar-refractivity contribution is 5.99. The molecule has 276 valence electrons. The van der Waals surface area contributed by atoms with Crippen LogP contribution in [0.15, 0.2) is 41.2 Å². The molecule has 2 fully saturated rings. The lowest BCUT2D eigenvalue weighted by molar-refractivity contribution is -0.122. The quantitative estimate of drug-likeness (QED) is 0.220. The number of amides is 1. The Hall–Kier alpha value is -4.15. The molecule has 10 heteroatoms. The first-order chi connectivity index (χ1) is 24.5. The fraction of sp³-hybridized carbons (Fsp3) is 0.537. The summed E-state index contributed by atoms with van der Waals surface area (Å²) in [5.41, 5.74) is 8.91. The van der Waals surface area contributed by atoms with Crippen LogP contribution >= 0.6 is 0 Å². The number of aryl methyl sites for hydroxylation is 2. The number of carbonyl (C=O) groups excluding carboxylic acids is 1. The van der Waals surface area contributed by atoms with Gasteiger partial charge in [-0.3, -0.25) is 19.3 Å². The van der Waals surface area contributed by atoms with Crippen LogP contribution in [-0.2, 0) is 27.9 Å². The minimum Gasteiger partial charge on any atom is -0.496 e. The van der Waals surface area contributed by atoms with Crippen molar-refractivity contribution < 1.29 is 24.2 Å². The normalized spacial score (nSPS) is 21.8. The predicted molar refractivity (Wildman–Crippen MR) is 202 cm³/mol. The lowest BCUT2D eigenvalue weighted by Gasteiger charge is -2.48. The molecule has 2 saturated heterocycles. The molecule has 3 aliphatic rings. The van der Waals surface area contributed by atoms with E-state index >= 15 is 0 Å². The highest BCUT2D eigenvalue weighted by Crippen LogP contribution is 2.50. The average molecular weight is 701 g/mol. The van der Waals surface area contributed by atoms with Gasteiger partial charge in [0.1, 0.15) is 5.75 Å². The van der Waals surface area contributed by atoms with E-state index in [1.165, 1.54) is 30.4 Å². The van der Waals surface area contributed by atoms with E-state index in [9.17, 15) is 9.59 Å². The number of aromatic amines is 1. The van der Waals surface area contributed by atoms with Crippen LogP contribution in [-0.4, -0.2) is 78.9 Å². The van der Waals surface area contributed by atoms with Gasteiger partial charge in [0, 0.05) is 54.8 Å². The summed E-state index contributed by atoms with van der Waals surface area (Å²) in [7, 11) is 1.55. The third kappa shape index (κ3) is 7.87. The molecule has 0 saturated carbocycles. The van der Waals surface area contributed by atoms with Crippen LogP contribution in [0.2, 0.25) is 0 Å². The van der Waals surface area contributed by atoms with Gasteiger partial charge >= 0.3 is 0 Å². The first-order valence-electron chi connectivity index (χ1n) is 18.5. The molecule has 3 N–H and O–H groups in total. The van der Waals surface area contributed by atoms with Crippen LogP contribution in [0.1, 0.15) is 98.1 Å². The second-order valence-electron chi connectivity index (χ2n) is 14.5. The Bertz CT molecular complexity index is 1750. The van der Waals surface area contributed by atoms with Crippen LogP contribution in [0.3, 0.4) is 0 Å². The van der Waals surface area contributed by atoms with Gasteiger partial charge in [-0.2, -0.15) is 0 Å². The standard InChI is InChI=1S/C40H54N4O4.CH2O2/c1-8-43-26(4)22-40(23-27(43)5)15-12-29-10-11-30(20-35(29)40)31-19-33(28(6)36(21-31)44(9-2)32-13-16-48-17-14-32)38(45)41-24-34-37(47-7)18-25(3)42-39(34)46;2-1-3/h10-11,18-21,26-27,32H,8-9,12-17,22-24H2,1-7H3,(H,41,45)(H,42,46);1H,(H,2,3). The fourth-order valence-corrected chi connectivity index (χ4v) is 9.23. The Morgan fingerprint density at radius 3 is 2.41 bits per heavy atom. The molecule has 2 aliphatic heterocycles. The molecule has 0 bridgehead atoms. The summed E-state index contributed by atoms with van der Waals surface area (Å²) in [6.45, 7) is 16.4. The summed E-state index contributed by atoms with van der Waals surface area (Å²) >= 11 is 0. The zero-order valence-electron chi connectivity index (χ0n) is 31.4. The van der Waals surface area contributed by atoms with E-state index in [1.54, 1.807) is 13.2 Å². The molecule has 3 aromatic rings. The minimum absolute atomic E-state index is 0.0700. The summed E-state index contributed by atoms with van der Waals surface area (Å²) in [6, 6.07) is 14.6. The second-order valence-corrected chi connectivity index (χ2v) is 14.5. The van der Waals surface area contributed by atoms with Gasteiger partial charge in [0.2, 0.25) is 0 Å². The minimum atomic E-state index is -0.254. The van der Waals surface area contributed by atoms with Gasteiger partial charge in [-0.15, -0.1) is 0 Å². The van der Waals surface area contributed by atoms with Crippen LogP contribution in [0.5, 0.6) is 5.75 Å². The maximum atomic E-state index is 14.1. The lowest BCUT2D eigenvalue weighted by Crippen LogP contribution is -2.51. The van der Waals surface area contributed by atoms with Crippen LogP contribution in [0.25, 0.3) is 11.1 Å². The molecule has 1 aliphatic carbocycles. The van der Waals surface area contributed by atoms with Crippen molar-refractivity contribution in [3.8, 4) is 16.9 Å². The third-order valence-corrected chi connectivity index (χ3v) is 11.5. The van der Waals surface area contributed by atoms with Crippen molar-refractivity contribution in [2.75, 3.05) is 38.3 Å². The number of likely N-dealkylation sites (tertiary alicyclic amines) is 1. The van der Waals surface area contributed by atoms with E-state index in [2.05, 4.69) is 85.1 Å². The van der Waals surface area contributed by atoms with E-state index in [4.69, 9.17) is 19.4 Å². The van der Waals surface area contributed by atoms with Crippen molar-refractivity contribution in [2.24, 2.45) is 0 Å². The molecular weight excluding hydrogens is 644 g/mol. The number of methoxy groups -OCH3 is 1. The number of H-pyrrole nitrogens is 1. The van der Waals surface area contributed by atoms with Gasteiger partial charge in [-0.05, 0) is 131 Å². The molecule has 51 heavy (non-hydrogen) atoms. The number of carbonyl (C=O) groups is 2. The van der Waals surface area contributed by atoms with Gasteiger partial charge in [0.15, 0.2) is 0 Å². The van der Waals surface area contributed by atoms with Crippen molar-refractivity contribution in [3.63, 3.8) is 0 Å². The van der Waals surface area contributed by atoms with Gasteiger partial charge < -0.3 is 29.8 Å². The number of anilines is 1. The van der Waals surface area contributed by atoms with Crippen molar-refractivity contribution in [1.82, 2.24) is 15.2 Å². The Morgan fingerprint density at radius 1 is 1.10 bits per heavy atom. The average Bonchev–Trinajstić information content (AvgIpc) is 3.45. The number of aromatic nitrogens is 1. The van der Waals surface area contributed by atoms with Gasteiger partial charge in [0.25, 0.3) is 17.9 Å². The van der Waals surface area contributed by atoms with Crippen molar-refractivity contribution in [3.05, 3.63) is 80.3 Å². The van der Waals surface area contributed by atoms with Crippen LogP contribution in [0.4, 0.5) is 5.69 Å². The molecule has 2 atom stereocenters. The highest BCUT2D eigenvalue weighted by atomic mass is 16.5. The largest absolute Gasteiger partial charge is 0.496 e. The molecule has 6 rings (SSSR count). The van der Waals surface area contributed by atoms with Gasteiger partial charge in [-0.1, -0.05) is 25.1 Å². The summed E-state index contributed by atoms with van der Waals surface area (Å²) in [5, 5.41) is 9.95. The smallest absolute Gasteiger partial charge is 0.290 e. The summed E-state index contributed by atoms with van der Waals surface area (Å²) < 4.78 is 11.2. The maximum Gasteiger partial charge on any atom is 0.290 e. The number of nitrogens with zero attached hydrogens (tertiary/aromatic N) is 2. The molecule has 1 amide bonds. The number of ether oxygens (including phenoxy) is 2. The number of pyridine rings is 1.